The van der Waals surface area contributed by atoms with Gasteiger partial charge in [-0.2, -0.15) is 0 Å². The number of amides is 3. The first-order valence-electron chi connectivity index (χ1n) is 20.2. The van der Waals surface area contributed by atoms with Crippen LogP contribution >= 0.6 is 0 Å². The summed E-state index contributed by atoms with van der Waals surface area (Å²) in [5.74, 6) is -0.938. The quantitative estimate of drug-likeness (QED) is 0.0977. The van der Waals surface area contributed by atoms with E-state index in [0.29, 0.717) is 18.5 Å². The molecule has 0 spiro atoms. The Morgan fingerprint density at radius 3 is 1.81 bits per heavy atom. The third-order valence-corrected chi connectivity index (χ3v) is 16.3. The Morgan fingerprint density at radius 1 is 0.797 bits per heavy atom. The Balaban J connectivity index is 1.23. The van der Waals surface area contributed by atoms with Crippen LogP contribution in [0, 0.1) is 0 Å². The molecule has 5 aromatic rings. The summed E-state index contributed by atoms with van der Waals surface area (Å²) in [5.41, 5.74) is 3.13. The number of alkyl carbamates (subject to hydrolysis) is 1. The van der Waals surface area contributed by atoms with Crippen molar-refractivity contribution in [3.05, 3.63) is 162 Å². The lowest BCUT2D eigenvalue weighted by atomic mass is 9.84. The summed E-state index contributed by atoms with van der Waals surface area (Å²) in [4.78, 5) is 41.2. The van der Waals surface area contributed by atoms with Crippen molar-refractivity contribution in [2.45, 2.75) is 75.8 Å². The van der Waals surface area contributed by atoms with Crippen LogP contribution in [0.25, 0.3) is 0 Å². The highest BCUT2D eigenvalue weighted by molar-refractivity contribution is 6.99. The van der Waals surface area contributed by atoms with Gasteiger partial charge in [-0.15, -0.1) is 0 Å². The highest BCUT2D eigenvalue weighted by Gasteiger charge is 2.51. The van der Waals surface area contributed by atoms with Crippen LogP contribution < -0.4 is 21.0 Å². The molecule has 4 atom stereocenters. The van der Waals surface area contributed by atoms with Crippen molar-refractivity contribution in [2.24, 2.45) is 0 Å². The van der Waals surface area contributed by atoms with E-state index in [1.165, 1.54) is 12.0 Å². The molecule has 1 saturated heterocycles. The zero-order valence-corrected chi connectivity index (χ0v) is 35.4. The number of anilines is 1. The molecular weight excluding hydrogens is 759 g/mol. The van der Waals surface area contributed by atoms with Gasteiger partial charge in [-0.05, 0) is 57.9 Å². The molecule has 1 aliphatic heterocycles. The number of rotatable bonds is 14. The Kier molecular flexibility index (Phi) is 14.0. The van der Waals surface area contributed by atoms with Gasteiger partial charge >= 0.3 is 12.2 Å². The molecule has 6 rings (SSSR count). The predicted molar refractivity (Wildman–Crippen MR) is 234 cm³/mol. The lowest BCUT2D eigenvalue weighted by Gasteiger charge is -2.46. The fourth-order valence-corrected chi connectivity index (χ4v) is 12.9. The number of hydrogen-bond donors (Lipinski definition) is 3. The number of nitrogens with zero attached hydrogens (tertiary/aromatic N) is 1. The molecule has 5 aromatic carbocycles. The van der Waals surface area contributed by atoms with Gasteiger partial charge in [0.2, 0.25) is 5.91 Å². The van der Waals surface area contributed by atoms with Gasteiger partial charge in [-0.25, -0.2) is 9.59 Å². The first-order chi connectivity index (χ1) is 28.4. The van der Waals surface area contributed by atoms with Crippen LogP contribution in [0.1, 0.15) is 56.7 Å². The number of hydrogen-bond acceptors (Lipinski definition) is 6. The monoisotopic (exact) mass is 813 g/mol. The molecular formula is C48H55N3O7Si. The maximum absolute atomic E-state index is 14.3. The maximum Gasteiger partial charge on any atom is 0.407 e. The molecule has 3 N–H and O–H groups in total. The van der Waals surface area contributed by atoms with Gasteiger partial charge in [0.1, 0.15) is 12.1 Å². The van der Waals surface area contributed by atoms with Crippen molar-refractivity contribution in [3.8, 4) is 0 Å². The molecule has 0 bridgehead atoms. The van der Waals surface area contributed by atoms with E-state index < -0.39 is 56.6 Å². The highest BCUT2D eigenvalue weighted by Crippen LogP contribution is 2.38. The average Bonchev–Trinajstić information content (AvgIpc) is 3.25. The number of methoxy groups -OCH3 is 1. The normalized spacial score (nSPS) is 17.5. The lowest BCUT2D eigenvalue weighted by molar-refractivity contribution is -0.121. The van der Waals surface area contributed by atoms with E-state index in [4.69, 9.17) is 13.9 Å². The van der Waals surface area contributed by atoms with E-state index in [-0.39, 0.29) is 18.2 Å². The molecule has 0 saturated carbocycles. The van der Waals surface area contributed by atoms with Gasteiger partial charge in [-0.1, -0.05) is 160 Å². The first kappa shape index (κ1) is 42.8. The van der Waals surface area contributed by atoms with Crippen LogP contribution in [0.15, 0.2) is 146 Å². The zero-order chi connectivity index (χ0) is 42.0. The molecule has 1 fully saturated rings. The fraction of sp³-hybridized carbons (Fsp3) is 0.312. The molecule has 0 aliphatic carbocycles. The van der Waals surface area contributed by atoms with E-state index >= 15 is 0 Å². The zero-order valence-electron chi connectivity index (χ0n) is 34.4. The molecule has 11 heteroatoms. The fourth-order valence-electron chi connectivity index (χ4n) is 8.32. The third kappa shape index (κ3) is 9.93. The van der Waals surface area contributed by atoms with E-state index in [0.717, 1.165) is 27.1 Å². The van der Waals surface area contributed by atoms with Gasteiger partial charge in [0, 0.05) is 11.6 Å². The van der Waals surface area contributed by atoms with Crippen LogP contribution in [-0.4, -0.2) is 81.0 Å². The Hall–Kier alpha value is -5.75. The summed E-state index contributed by atoms with van der Waals surface area (Å²) in [7, 11) is -1.65. The van der Waals surface area contributed by atoms with Crippen molar-refractivity contribution in [1.29, 1.82) is 0 Å². The number of carbonyl (C=O) groups excluding carboxylic acids is 2. The van der Waals surface area contributed by atoms with Gasteiger partial charge in [0.15, 0.2) is 0 Å². The van der Waals surface area contributed by atoms with Crippen LogP contribution in [0.4, 0.5) is 15.3 Å². The molecule has 3 amide bonds. The average molecular weight is 814 g/mol. The minimum absolute atomic E-state index is 0.196. The topological polar surface area (TPSA) is 126 Å². The standard InChI is InChI=1S/C48H55N3O7Si/c1-34-42(33-57-59(48(2,3)4,39-25-14-8-15-26-39)40-27-16-9-17-28-40)58-38(32-51(34)47(54)55)31-30-35-20-18-19-29-41(35)49-45(52)44(50-46(53)56-5)43(36-21-10-6-11-22-36)37-23-12-7-13-24-37/h6-29,34,38,42-44H,30-33H2,1-5H3,(H,49,52)(H,50,53)(H,54,55)/t34-,38-,42-,44+/m1/s1. The molecule has 0 unspecified atom stereocenters. The summed E-state index contributed by atoms with van der Waals surface area (Å²) in [6.45, 7) is 8.92. The second-order valence-electron chi connectivity index (χ2n) is 16.0. The van der Waals surface area contributed by atoms with E-state index in [1.807, 2.05) is 128 Å². The number of para-hydroxylation sites is 1. The molecule has 10 nitrogen and oxygen atoms in total. The smallest absolute Gasteiger partial charge is 0.407 e. The van der Waals surface area contributed by atoms with Crippen molar-refractivity contribution in [2.75, 3.05) is 25.6 Å². The number of carboxylic acid groups (broad SMARTS) is 1. The highest BCUT2D eigenvalue weighted by atomic mass is 28.4. The number of nitrogens with one attached hydrogen (secondary N) is 2. The summed E-state index contributed by atoms with van der Waals surface area (Å²) < 4.78 is 19.0. The summed E-state index contributed by atoms with van der Waals surface area (Å²) in [5, 5.41) is 18.3. The largest absolute Gasteiger partial charge is 0.465 e. The third-order valence-electron chi connectivity index (χ3n) is 11.3. The second-order valence-corrected chi connectivity index (χ2v) is 20.3. The summed E-state index contributed by atoms with van der Waals surface area (Å²) >= 11 is 0. The van der Waals surface area contributed by atoms with Gasteiger partial charge in [0.05, 0.1) is 32.4 Å². The Labute approximate surface area is 348 Å². The van der Waals surface area contributed by atoms with E-state index in [2.05, 4.69) is 55.7 Å². The number of morpholine rings is 1. The molecule has 59 heavy (non-hydrogen) atoms. The van der Waals surface area contributed by atoms with Gasteiger partial charge in [-0.3, -0.25) is 4.79 Å². The van der Waals surface area contributed by atoms with Crippen LogP contribution in [0.2, 0.25) is 5.04 Å². The number of carbonyl (C=O) groups is 3. The maximum atomic E-state index is 14.3. The minimum atomic E-state index is -2.92. The second kappa shape index (κ2) is 19.3. The number of ether oxygens (including phenoxy) is 2. The summed E-state index contributed by atoms with van der Waals surface area (Å²) in [6, 6.07) is 45.9. The first-order valence-corrected chi connectivity index (χ1v) is 22.1. The van der Waals surface area contributed by atoms with Gasteiger partial charge < -0.3 is 34.5 Å². The van der Waals surface area contributed by atoms with E-state index in [9.17, 15) is 19.5 Å². The van der Waals surface area contributed by atoms with Crippen molar-refractivity contribution >= 4 is 42.5 Å². The number of aryl methyl sites for hydroxylation is 1. The van der Waals surface area contributed by atoms with Crippen molar-refractivity contribution in [1.82, 2.24) is 10.2 Å². The van der Waals surface area contributed by atoms with Crippen LogP contribution in [0.3, 0.4) is 0 Å². The van der Waals surface area contributed by atoms with Crippen LogP contribution in [-0.2, 0) is 25.1 Å². The molecule has 0 radical (unpaired) electrons. The molecule has 1 aliphatic rings. The van der Waals surface area contributed by atoms with E-state index in [1.54, 1.807) is 0 Å². The van der Waals surface area contributed by atoms with Crippen LogP contribution in [0.5, 0.6) is 0 Å². The summed E-state index contributed by atoms with van der Waals surface area (Å²) in [6.07, 6.45) is -1.73. The van der Waals surface area contributed by atoms with Crippen molar-refractivity contribution < 1.29 is 33.4 Å². The number of benzene rings is 5. The lowest BCUT2D eigenvalue weighted by Crippen LogP contribution is -2.68. The minimum Gasteiger partial charge on any atom is -0.465 e. The Bertz CT molecular complexity index is 2060. The van der Waals surface area contributed by atoms with Gasteiger partial charge in [0.25, 0.3) is 8.32 Å². The van der Waals surface area contributed by atoms with Crippen molar-refractivity contribution in [3.63, 3.8) is 0 Å². The molecule has 0 aromatic heterocycles. The Morgan fingerprint density at radius 2 is 1.31 bits per heavy atom. The SMILES string of the molecule is COC(=O)N[C@H](C(=O)Nc1ccccc1CC[C@@H]1CN(C(=O)O)[C@H](C)[C@@H](CO[Si](c2ccccc2)(c2ccccc2)C(C)(C)C)O1)C(c1ccccc1)c1ccccc1. The predicted octanol–water partition coefficient (Wildman–Crippen LogP) is 7.83. The molecule has 308 valence electrons. The molecule has 1 heterocycles.